The first-order chi connectivity index (χ1) is 17.6. The van der Waals surface area contributed by atoms with Crippen LogP contribution in [0.1, 0.15) is 49.3 Å². The molecular weight excluding hydrogens is 489 g/mol. The standard InChI is InChI=1S/C25H35F3N6O3/c1-31-15-29-30-22(31)7-24(13-37-14-24)17-3-2-4-18(6-17)33-12-21-20(25(26,27)28)5-16(9-34(21)23(33)36)8-32-10-19(35)11-32/h5,9,12,17-19,22,29-30,35H,2-4,6-8,10-11,13-15H2,1H3. The molecule has 3 aliphatic heterocycles. The zero-order valence-electron chi connectivity index (χ0n) is 21.0. The summed E-state index contributed by atoms with van der Waals surface area (Å²) in [6, 6.07) is 0.999. The highest BCUT2D eigenvalue weighted by Crippen LogP contribution is 2.49. The molecule has 6 rings (SSSR count). The van der Waals surface area contributed by atoms with Gasteiger partial charge in [-0.2, -0.15) is 13.2 Å². The van der Waals surface area contributed by atoms with E-state index < -0.39 is 23.5 Å². The van der Waals surface area contributed by atoms with Crippen LogP contribution in [0.4, 0.5) is 13.2 Å². The van der Waals surface area contributed by atoms with Crippen LogP contribution >= 0.6 is 0 Å². The molecule has 0 amide bonds. The lowest BCUT2D eigenvalue weighted by Crippen LogP contribution is -2.54. The van der Waals surface area contributed by atoms with E-state index in [0.29, 0.717) is 37.8 Å². The number of fused-ring (bicyclic) bond motifs is 1. The monoisotopic (exact) mass is 524 g/mol. The minimum atomic E-state index is -4.58. The Kier molecular flexibility index (Phi) is 6.40. The molecule has 0 aromatic carbocycles. The van der Waals surface area contributed by atoms with E-state index in [1.165, 1.54) is 16.8 Å². The van der Waals surface area contributed by atoms with E-state index in [2.05, 4.69) is 22.8 Å². The molecule has 5 heterocycles. The summed E-state index contributed by atoms with van der Waals surface area (Å²) >= 11 is 0. The molecule has 0 spiro atoms. The summed E-state index contributed by atoms with van der Waals surface area (Å²) in [7, 11) is 2.07. The number of hydrazine groups is 1. The molecule has 204 valence electrons. The third-order valence-electron chi connectivity index (χ3n) is 8.91. The van der Waals surface area contributed by atoms with Gasteiger partial charge in [-0.25, -0.2) is 15.6 Å². The lowest BCUT2D eigenvalue weighted by Gasteiger charge is -2.51. The largest absolute Gasteiger partial charge is 0.418 e. The number of hydrogen-bond donors (Lipinski definition) is 3. The number of hydrogen-bond acceptors (Lipinski definition) is 7. The van der Waals surface area contributed by atoms with Crippen LogP contribution in [0.3, 0.4) is 0 Å². The average molecular weight is 525 g/mol. The Morgan fingerprint density at radius 3 is 2.62 bits per heavy atom. The van der Waals surface area contributed by atoms with Gasteiger partial charge in [-0.3, -0.25) is 18.8 Å². The molecule has 1 saturated carbocycles. The van der Waals surface area contributed by atoms with Crippen molar-refractivity contribution in [2.24, 2.45) is 11.3 Å². The number of ether oxygens (including phenoxy) is 1. The smallest absolute Gasteiger partial charge is 0.390 e. The fourth-order valence-electron chi connectivity index (χ4n) is 6.73. The normalized spacial score (nSPS) is 29.5. The molecule has 12 heteroatoms. The third kappa shape index (κ3) is 4.61. The predicted molar refractivity (Wildman–Crippen MR) is 129 cm³/mol. The molecule has 3 N–H and O–H groups in total. The minimum Gasteiger partial charge on any atom is -0.390 e. The van der Waals surface area contributed by atoms with Crippen LogP contribution in [0.15, 0.2) is 23.3 Å². The number of aromatic nitrogens is 2. The molecule has 2 aromatic heterocycles. The molecule has 0 bridgehead atoms. The van der Waals surface area contributed by atoms with Crippen molar-refractivity contribution >= 4 is 5.52 Å². The lowest BCUT2D eigenvalue weighted by atomic mass is 9.64. The van der Waals surface area contributed by atoms with Crippen LogP contribution in [0.2, 0.25) is 0 Å². The maximum absolute atomic E-state index is 14.1. The SMILES string of the molecule is CN1CNNC1CC1(C2CCCC(n3cc4c(C(F)(F)F)cc(CN5CC(O)C5)cn4c3=O)C2)COC1. The molecular formula is C25H35F3N6O3. The molecule has 1 aliphatic carbocycles. The molecule has 37 heavy (non-hydrogen) atoms. The first kappa shape index (κ1) is 25.3. The number of halogens is 3. The van der Waals surface area contributed by atoms with Crippen molar-refractivity contribution in [3.05, 3.63) is 40.1 Å². The second-order valence-corrected chi connectivity index (χ2v) is 11.5. The van der Waals surface area contributed by atoms with Crippen LogP contribution < -0.4 is 16.5 Å². The zero-order valence-corrected chi connectivity index (χ0v) is 21.0. The van der Waals surface area contributed by atoms with Gasteiger partial charge < -0.3 is 9.84 Å². The maximum Gasteiger partial charge on any atom is 0.418 e. The Balaban J connectivity index is 1.29. The zero-order chi connectivity index (χ0) is 25.9. The van der Waals surface area contributed by atoms with Gasteiger partial charge in [0.1, 0.15) is 0 Å². The van der Waals surface area contributed by atoms with Crippen LogP contribution in [-0.4, -0.2) is 76.2 Å². The van der Waals surface area contributed by atoms with E-state index in [1.807, 2.05) is 4.90 Å². The van der Waals surface area contributed by atoms with Crippen molar-refractivity contribution < 1.29 is 23.0 Å². The average Bonchev–Trinajstić information content (AvgIpc) is 3.36. The van der Waals surface area contributed by atoms with E-state index in [1.54, 1.807) is 4.57 Å². The number of aliphatic hydroxyl groups excluding tert-OH is 1. The van der Waals surface area contributed by atoms with Crippen LogP contribution in [0.25, 0.3) is 5.52 Å². The van der Waals surface area contributed by atoms with Gasteiger partial charge in [-0.1, -0.05) is 6.42 Å². The lowest BCUT2D eigenvalue weighted by molar-refractivity contribution is -0.167. The van der Waals surface area contributed by atoms with E-state index in [0.717, 1.165) is 44.8 Å². The van der Waals surface area contributed by atoms with E-state index in [9.17, 15) is 23.1 Å². The van der Waals surface area contributed by atoms with Crippen molar-refractivity contribution in [3.8, 4) is 0 Å². The molecule has 3 unspecified atom stereocenters. The quantitative estimate of drug-likeness (QED) is 0.531. The molecule has 0 radical (unpaired) electrons. The van der Waals surface area contributed by atoms with Gasteiger partial charge >= 0.3 is 11.9 Å². The highest BCUT2D eigenvalue weighted by atomic mass is 19.4. The highest BCUT2D eigenvalue weighted by Gasteiger charge is 2.49. The Hall–Kier alpha value is -1.96. The fraction of sp³-hybridized carbons (Fsp3) is 0.720. The number of rotatable bonds is 6. The van der Waals surface area contributed by atoms with Crippen molar-refractivity contribution in [3.63, 3.8) is 0 Å². The summed E-state index contributed by atoms with van der Waals surface area (Å²) in [5.74, 6) is 0.334. The summed E-state index contributed by atoms with van der Waals surface area (Å²) in [4.78, 5) is 17.6. The minimum absolute atomic E-state index is 0.00542. The predicted octanol–water partition coefficient (Wildman–Crippen LogP) is 1.76. The van der Waals surface area contributed by atoms with Gasteiger partial charge in [0.2, 0.25) is 0 Å². The number of pyridine rings is 1. The first-order valence-corrected chi connectivity index (χ1v) is 13.1. The Labute approximate surface area is 213 Å². The Morgan fingerprint density at radius 2 is 2.00 bits per heavy atom. The van der Waals surface area contributed by atoms with E-state index in [4.69, 9.17) is 4.74 Å². The number of nitrogens with one attached hydrogen (secondary N) is 2. The molecule has 4 fully saturated rings. The van der Waals surface area contributed by atoms with Crippen molar-refractivity contribution in [2.45, 2.75) is 63.1 Å². The summed E-state index contributed by atoms with van der Waals surface area (Å²) in [5, 5.41) is 9.54. The second-order valence-electron chi connectivity index (χ2n) is 11.5. The number of aliphatic hydroxyl groups is 1. The number of alkyl halides is 3. The second kappa shape index (κ2) is 9.35. The van der Waals surface area contributed by atoms with Crippen molar-refractivity contribution in [1.82, 2.24) is 29.6 Å². The van der Waals surface area contributed by atoms with Crippen LogP contribution in [-0.2, 0) is 17.5 Å². The molecule has 3 saturated heterocycles. The van der Waals surface area contributed by atoms with Gasteiger partial charge in [0.25, 0.3) is 0 Å². The maximum atomic E-state index is 14.1. The molecule has 4 aliphatic rings. The molecule has 9 nitrogen and oxygen atoms in total. The van der Waals surface area contributed by atoms with E-state index in [-0.39, 0.29) is 29.7 Å². The highest BCUT2D eigenvalue weighted by molar-refractivity contribution is 5.56. The Bertz CT molecular complexity index is 1200. The third-order valence-corrected chi connectivity index (χ3v) is 8.91. The topological polar surface area (TPSA) is 86.4 Å². The number of nitrogens with zero attached hydrogens (tertiary/aromatic N) is 4. The van der Waals surface area contributed by atoms with E-state index >= 15 is 0 Å². The summed E-state index contributed by atoms with van der Waals surface area (Å²) in [6.07, 6.45) is 2.53. The van der Waals surface area contributed by atoms with Gasteiger partial charge in [-0.15, -0.1) is 0 Å². The van der Waals surface area contributed by atoms with Crippen LogP contribution in [0, 0.1) is 11.3 Å². The molecule has 2 aromatic rings. The van der Waals surface area contributed by atoms with Crippen molar-refractivity contribution in [1.29, 1.82) is 0 Å². The van der Waals surface area contributed by atoms with Gasteiger partial charge in [0.15, 0.2) is 0 Å². The van der Waals surface area contributed by atoms with Gasteiger partial charge in [0, 0.05) is 43.5 Å². The Morgan fingerprint density at radius 1 is 1.22 bits per heavy atom. The van der Waals surface area contributed by atoms with Crippen molar-refractivity contribution in [2.75, 3.05) is 40.0 Å². The summed E-state index contributed by atoms with van der Waals surface area (Å²) < 4.78 is 50.6. The van der Waals surface area contributed by atoms with Gasteiger partial charge in [0.05, 0.1) is 43.2 Å². The summed E-state index contributed by atoms with van der Waals surface area (Å²) in [6.45, 7) is 3.23. The number of imidazole rings is 1. The fourth-order valence-corrected chi connectivity index (χ4v) is 6.73. The summed E-state index contributed by atoms with van der Waals surface area (Å²) in [5.41, 5.74) is 5.61. The first-order valence-electron chi connectivity index (χ1n) is 13.1. The molecule has 3 atom stereocenters. The van der Waals surface area contributed by atoms with Gasteiger partial charge in [-0.05, 0) is 50.3 Å². The number of likely N-dealkylation sites (tertiary alicyclic amines) is 1. The van der Waals surface area contributed by atoms with Crippen LogP contribution in [0.5, 0.6) is 0 Å². The number of β-amino-alcohol motifs (C(OH)–C–C–N with tert-alkyl or cyclic N) is 1.